The molecule has 1 fully saturated rings. The molecule has 1 aliphatic rings. The second kappa shape index (κ2) is 8.73. The fraction of sp³-hybridized carbons (Fsp3) is 0.526. The van der Waals surface area contributed by atoms with Crippen molar-refractivity contribution in [2.24, 2.45) is 5.92 Å². The largest absolute Gasteiger partial charge is 0.469 e. The maximum Gasteiger partial charge on any atom is 0.348 e. The highest BCUT2D eigenvalue weighted by Gasteiger charge is 2.28. The van der Waals surface area contributed by atoms with Crippen LogP contribution in [0.3, 0.4) is 0 Å². The Kier molecular flexibility index (Phi) is 6.31. The molecule has 0 unspecified atom stereocenters. The molecule has 0 radical (unpaired) electrons. The van der Waals surface area contributed by atoms with Crippen LogP contribution in [0.2, 0.25) is 0 Å². The highest BCUT2D eigenvalue weighted by molar-refractivity contribution is 7.20. The van der Waals surface area contributed by atoms with Gasteiger partial charge in [-0.2, -0.15) is 0 Å². The summed E-state index contributed by atoms with van der Waals surface area (Å²) in [5.41, 5.74) is 0.152. The maximum absolute atomic E-state index is 12.9. The van der Waals surface area contributed by atoms with Gasteiger partial charge in [0.1, 0.15) is 16.3 Å². The SMILES string of the molecule is CCOC(=O)c1sc2ncn(CC(=O)N3CCC(C(=O)OC)CC3)c(=O)c2c1C. The molecule has 0 aromatic carbocycles. The van der Waals surface area contributed by atoms with Crippen LogP contribution in [0.25, 0.3) is 10.2 Å². The maximum atomic E-state index is 12.9. The second-order valence-corrected chi connectivity index (χ2v) is 7.81. The zero-order chi connectivity index (χ0) is 21.1. The van der Waals surface area contributed by atoms with Gasteiger partial charge in [-0.05, 0) is 32.3 Å². The number of amides is 1. The zero-order valence-electron chi connectivity index (χ0n) is 16.6. The van der Waals surface area contributed by atoms with Gasteiger partial charge in [-0.15, -0.1) is 11.3 Å². The van der Waals surface area contributed by atoms with E-state index < -0.39 is 5.97 Å². The van der Waals surface area contributed by atoms with Crippen molar-refractivity contribution >= 4 is 39.4 Å². The number of fused-ring (bicyclic) bond motifs is 1. The van der Waals surface area contributed by atoms with E-state index in [1.165, 1.54) is 18.0 Å². The van der Waals surface area contributed by atoms with E-state index in [4.69, 9.17) is 9.47 Å². The number of nitrogens with zero attached hydrogens (tertiary/aromatic N) is 3. The third kappa shape index (κ3) is 4.16. The van der Waals surface area contributed by atoms with E-state index in [9.17, 15) is 19.2 Å². The van der Waals surface area contributed by atoms with Crippen LogP contribution in [0.15, 0.2) is 11.1 Å². The third-order valence-corrected chi connectivity index (χ3v) is 6.25. The number of hydrogen-bond donors (Lipinski definition) is 0. The molecule has 0 atom stereocenters. The average molecular weight is 421 g/mol. The van der Waals surface area contributed by atoms with Crippen LogP contribution in [-0.2, 0) is 25.6 Å². The number of piperidine rings is 1. The Morgan fingerprint density at radius 3 is 2.59 bits per heavy atom. The van der Waals surface area contributed by atoms with Crippen molar-refractivity contribution in [2.45, 2.75) is 33.2 Å². The van der Waals surface area contributed by atoms with Crippen LogP contribution in [-0.4, -0.2) is 59.1 Å². The van der Waals surface area contributed by atoms with Gasteiger partial charge >= 0.3 is 11.9 Å². The van der Waals surface area contributed by atoms with Gasteiger partial charge in [-0.25, -0.2) is 9.78 Å². The number of esters is 2. The fourth-order valence-corrected chi connectivity index (χ4v) is 4.47. The number of aryl methyl sites for hydroxylation is 1. The lowest BCUT2D eigenvalue weighted by Gasteiger charge is -2.30. The molecule has 0 bridgehead atoms. The normalized spacial score (nSPS) is 14.8. The van der Waals surface area contributed by atoms with Gasteiger partial charge in [0.15, 0.2) is 0 Å². The molecule has 2 aromatic rings. The molecule has 9 nitrogen and oxygen atoms in total. The molecule has 2 aromatic heterocycles. The smallest absolute Gasteiger partial charge is 0.348 e. The molecule has 10 heteroatoms. The molecule has 1 saturated heterocycles. The molecule has 0 N–H and O–H groups in total. The number of thiophene rings is 1. The molecule has 3 heterocycles. The van der Waals surface area contributed by atoms with Crippen molar-refractivity contribution in [3.8, 4) is 0 Å². The molecule has 0 spiro atoms. The lowest BCUT2D eigenvalue weighted by molar-refractivity contribution is -0.149. The van der Waals surface area contributed by atoms with E-state index >= 15 is 0 Å². The van der Waals surface area contributed by atoms with Gasteiger partial charge in [0.25, 0.3) is 5.56 Å². The average Bonchev–Trinajstić information content (AvgIpc) is 3.07. The topological polar surface area (TPSA) is 108 Å². The quantitative estimate of drug-likeness (QED) is 0.671. The summed E-state index contributed by atoms with van der Waals surface area (Å²) in [5.74, 6) is -1.15. The second-order valence-electron chi connectivity index (χ2n) is 6.81. The van der Waals surface area contributed by atoms with Crippen LogP contribution in [0.5, 0.6) is 0 Å². The zero-order valence-corrected chi connectivity index (χ0v) is 17.4. The Balaban J connectivity index is 1.77. The van der Waals surface area contributed by atoms with Crippen LogP contribution in [0.1, 0.15) is 35.0 Å². The lowest BCUT2D eigenvalue weighted by Crippen LogP contribution is -2.43. The minimum absolute atomic E-state index is 0.144. The number of ether oxygens (including phenoxy) is 2. The van der Waals surface area contributed by atoms with Crippen molar-refractivity contribution in [1.82, 2.24) is 14.5 Å². The summed E-state index contributed by atoms with van der Waals surface area (Å²) >= 11 is 1.11. The molecule has 0 aliphatic carbocycles. The summed E-state index contributed by atoms with van der Waals surface area (Å²) in [6.07, 6.45) is 2.41. The fourth-order valence-electron chi connectivity index (χ4n) is 3.44. The first kappa shape index (κ1) is 21.0. The Morgan fingerprint density at radius 1 is 1.28 bits per heavy atom. The molecule has 156 valence electrons. The number of aromatic nitrogens is 2. The van der Waals surface area contributed by atoms with Crippen LogP contribution in [0, 0.1) is 12.8 Å². The Labute approximate surface area is 171 Å². The highest BCUT2D eigenvalue weighted by Crippen LogP contribution is 2.27. The first-order valence-electron chi connectivity index (χ1n) is 9.38. The van der Waals surface area contributed by atoms with Gasteiger partial charge in [0.05, 0.1) is 31.3 Å². The van der Waals surface area contributed by atoms with E-state index in [-0.39, 0.29) is 36.5 Å². The monoisotopic (exact) mass is 421 g/mol. The van der Waals surface area contributed by atoms with Gasteiger partial charge in [-0.3, -0.25) is 19.0 Å². The Hall–Kier alpha value is -2.75. The summed E-state index contributed by atoms with van der Waals surface area (Å²) in [6.45, 7) is 4.37. The number of carbonyl (C=O) groups excluding carboxylic acids is 3. The first-order chi connectivity index (χ1) is 13.9. The van der Waals surface area contributed by atoms with Crippen molar-refractivity contribution in [3.05, 3.63) is 27.1 Å². The number of methoxy groups -OCH3 is 1. The number of carbonyl (C=O) groups is 3. The van der Waals surface area contributed by atoms with E-state index in [0.717, 1.165) is 11.3 Å². The number of likely N-dealkylation sites (tertiary alicyclic amines) is 1. The molecule has 1 aliphatic heterocycles. The molecule has 1 amide bonds. The number of hydrogen-bond acceptors (Lipinski definition) is 8. The van der Waals surface area contributed by atoms with Crippen molar-refractivity contribution in [3.63, 3.8) is 0 Å². The van der Waals surface area contributed by atoms with Gasteiger partial charge in [0.2, 0.25) is 5.91 Å². The Bertz CT molecular complexity index is 1000. The van der Waals surface area contributed by atoms with Crippen molar-refractivity contribution in [2.75, 3.05) is 26.8 Å². The van der Waals surface area contributed by atoms with E-state index in [1.54, 1.807) is 18.7 Å². The minimum Gasteiger partial charge on any atom is -0.469 e. The molecular formula is C19H23N3O6S. The molecule has 29 heavy (non-hydrogen) atoms. The first-order valence-corrected chi connectivity index (χ1v) is 10.2. The third-order valence-electron chi connectivity index (χ3n) is 5.07. The molecular weight excluding hydrogens is 398 g/mol. The highest BCUT2D eigenvalue weighted by atomic mass is 32.1. The van der Waals surface area contributed by atoms with Crippen LogP contribution >= 0.6 is 11.3 Å². The predicted molar refractivity (Wildman–Crippen MR) is 106 cm³/mol. The summed E-state index contributed by atoms with van der Waals surface area (Å²) < 4.78 is 11.0. The predicted octanol–water partition coefficient (Wildman–Crippen LogP) is 1.35. The van der Waals surface area contributed by atoms with Gasteiger partial charge in [0, 0.05) is 13.1 Å². The molecule has 0 saturated carbocycles. The van der Waals surface area contributed by atoms with Gasteiger partial charge < -0.3 is 14.4 Å². The Morgan fingerprint density at radius 2 is 1.97 bits per heavy atom. The van der Waals surface area contributed by atoms with Crippen molar-refractivity contribution < 1.29 is 23.9 Å². The van der Waals surface area contributed by atoms with Gasteiger partial charge in [-0.1, -0.05) is 0 Å². The van der Waals surface area contributed by atoms with E-state index in [2.05, 4.69) is 4.98 Å². The van der Waals surface area contributed by atoms with E-state index in [0.29, 0.717) is 46.6 Å². The lowest BCUT2D eigenvalue weighted by atomic mass is 9.97. The number of rotatable bonds is 5. The minimum atomic E-state index is -0.483. The summed E-state index contributed by atoms with van der Waals surface area (Å²) in [6, 6.07) is 0. The summed E-state index contributed by atoms with van der Waals surface area (Å²) in [5, 5.41) is 0.331. The molecule has 3 rings (SSSR count). The van der Waals surface area contributed by atoms with Crippen LogP contribution in [0.4, 0.5) is 0 Å². The van der Waals surface area contributed by atoms with E-state index in [1.807, 2.05) is 0 Å². The standard InChI is InChI=1S/C19H23N3O6S/c1-4-28-19(26)15-11(2)14-16(29-15)20-10-22(17(14)24)9-13(23)21-7-5-12(6-8-21)18(25)27-3/h10,12H,4-9H2,1-3H3. The van der Waals surface area contributed by atoms with Crippen molar-refractivity contribution in [1.29, 1.82) is 0 Å². The summed E-state index contributed by atoms with van der Waals surface area (Å²) in [4.78, 5) is 55.9. The van der Waals surface area contributed by atoms with Crippen LogP contribution < -0.4 is 5.56 Å². The summed E-state index contributed by atoms with van der Waals surface area (Å²) in [7, 11) is 1.36.